The number of carbonyl (C=O) groups excluding carboxylic acids is 1. The summed E-state index contributed by atoms with van der Waals surface area (Å²) in [5.74, 6) is 1.53. The predicted molar refractivity (Wildman–Crippen MR) is 132 cm³/mol. The van der Waals surface area contributed by atoms with Crippen molar-refractivity contribution in [1.82, 2.24) is 15.5 Å². The Morgan fingerprint density at radius 3 is 2.57 bits per heavy atom. The van der Waals surface area contributed by atoms with Crippen molar-refractivity contribution in [1.29, 1.82) is 0 Å². The molecule has 3 rings (SSSR count). The number of fused-ring (bicyclic) bond motifs is 1. The van der Waals surface area contributed by atoms with Gasteiger partial charge in [-0.2, -0.15) is 0 Å². The van der Waals surface area contributed by atoms with Gasteiger partial charge in [0, 0.05) is 19.6 Å². The molecule has 0 atom stereocenters. The standard InChI is InChI=1S/C23H30N4O2.HI/c1-3-24-23(25-13-15-29-21-10-8-18(2)9-11-21)26-16-22(28)27-14-12-19-6-4-5-7-20(19)17-27;/h4-11H,3,12-17H2,1-2H3,(H2,24,25,26);1H. The molecule has 0 saturated carbocycles. The first kappa shape index (κ1) is 24.0. The van der Waals surface area contributed by atoms with Gasteiger partial charge in [0.05, 0.1) is 6.54 Å². The highest BCUT2D eigenvalue weighted by atomic mass is 127. The molecule has 1 heterocycles. The van der Waals surface area contributed by atoms with Gasteiger partial charge in [-0.05, 0) is 43.5 Å². The molecular weight excluding hydrogens is 491 g/mol. The number of aliphatic imine (C=N–C) groups is 1. The summed E-state index contributed by atoms with van der Waals surface area (Å²) in [7, 11) is 0. The Morgan fingerprint density at radius 1 is 1.10 bits per heavy atom. The summed E-state index contributed by atoms with van der Waals surface area (Å²) < 4.78 is 5.72. The Balaban J connectivity index is 0.00000320. The van der Waals surface area contributed by atoms with E-state index in [1.807, 2.05) is 42.2 Å². The molecule has 0 spiro atoms. The maximum Gasteiger partial charge on any atom is 0.244 e. The lowest BCUT2D eigenvalue weighted by Crippen LogP contribution is -2.41. The van der Waals surface area contributed by atoms with Crippen molar-refractivity contribution in [2.75, 3.05) is 32.8 Å². The summed E-state index contributed by atoms with van der Waals surface area (Å²) in [5.41, 5.74) is 3.77. The molecule has 162 valence electrons. The molecule has 30 heavy (non-hydrogen) atoms. The molecule has 6 nitrogen and oxygen atoms in total. The zero-order chi connectivity index (χ0) is 20.5. The van der Waals surface area contributed by atoms with Gasteiger partial charge in [0.2, 0.25) is 5.91 Å². The van der Waals surface area contributed by atoms with Gasteiger partial charge < -0.3 is 20.3 Å². The summed E-state index contributed by atoms with van der Waals surface area (Å²) >= 11 is 0. The number of ether oxygens (including phenoxy) is 1. The first-order chi connectivity index (χ1) is 14.2. The quantitative estimate of drug-likeness (QED) is 0.254. The zero-order valence-electron chi connectivity index (χ0n) is 17.7. The Hall–Kier alpha value is -2.29. The van der Waals surface area contributed by atoms with Crippen molar-refractivity contribution >= 4 is 35.8 Å². The molecule has 2 N–H and O–H groups in total. The summed E-state index contributed by atoms with van der Waals surface area (Å²) in [6.45, 7) is 7.46. The Morgan fingerprint density at radius 2 is 1.83 bits per heavy atom. The van der Waals surface area contributed by atoms with Gasteiger partial charge in [0.25, 0.3) is 0 Å². The fourth-order valence-electron chi connectivity index (χ4n) is 3.27. The number of rotatable bonds is 7. The highest BCUT2D eigenvalue weighted by Gasteiger charge is 2.19. The van der Waals surface area contributed by atoms with Crippen LogP contribution in [0, 0.1) is 6.92 Å². The van der Waals surface area contributed by atoms with Crippen LogP contribution in [-0.2, 0) is 17.8 Å². The van der Waals surface area contributed by atoms with Gasteiger partial charge in [0.1, 0.15) is 18.9 Å². The first-order valence-electron chi connectivity index (χ1n) is 10.2. The van der Waals surface area contributed by atoms with Crippen LogP contribution in [0.1, 0.15) is 23.6 Å². The van der Waals surface area contributed by atoms with Crippen molar-refractivity contribution in [3.63, 3.8) is 0 Å². The Kier molecular flexibility index (Phi) is 9.93. The van der Waals surface area contributed by atoms with E-state index in [0.717, 1.165) is 25.3 Å². The highest BCUT2D eigenvalue weighted by Crippen LogP contribution is 2.18. The number of amides is 1. The molecule has 0 aliphatic carbocycles. The van der Waals surface area contributed by atoms with Crippen molar-refractivity contribution in [2.24, 2.45) is 4.99 Å². The average Bonchev–Trinajstić information content (AvgIpc) is 2.75. The van der Waals surface area contributed by atoms with Gasteiger partial charge in [0.15, 0.2) is 5.96 Å². The number of hydrogen-bond acceptors (Lipinski definition) is 3. The number of aryl methyl sites for hydroxylation is 1. The number of nitrogens with one attached hydrogen (secondary N) is 2. The summed E-state index contributed by atoms with van der Waals surface area (Å²) in [6, 6.07) is 16.3. The minimum absolute atomic E-state index is 0. The number of benzene rings is 2. The summed E-state index contributed by atoms with van der Waals surface area (Å²) in [6.07, 6.45) is 0.903. The zero-order valence-corrected chi connectivity index (χ0v) is 20.0. The number of carbonyl (C=O) groups is 1. The monoisotopic (exact) mass is 522 g/mol. The minimum atomic E-state index is 0. The number of hydrogen-bond donors (Lipinski definition) is 2. The fourth-order valence-corrected chi connectivity index (χ4v) is 3.27. The minimum Gasteiger partial charge on any atom is -0.492 e. The molecule has 0 aromatic heterocycles. The van der Waals surface area contributed by atoms with Gasteiger partial charge >= 0.3 is 0 Å². The van der Waals surface area contributed by atoms with E-state index in [1.54, 1.807) is 0 Å². The number of halogens is 1. The third kappa shape index (κ3) is 7.19. The van der Waals surface area contributed by atoms with E-state index >= 15 is 0 Å². The van der Waals surface area contributed by atoms with E-state index in [-0.39, 0.29) is 36.4 Å². The molecule has 1 amide bonds. The van der Waals surface area contributed by atoms with E-state index in [1.165, 1.54) is 16.7 Å². The Labute approximate surface area is 196 Å². The fraction of sp³-hybridized carbons (Fsp3) is 0.391. The molecule has 1 aliphatic heterocycles. The molecule has 1 aliphatic rings. The summed E-state index contributed by atoms with van der Waals surface area (Å²) in [5, 5.41) is 6.39. The van der Waals surface area contributed by atoms with E-state index in [0.29, 0.717) is 25.7 Å². The normalized spacial score (nSPS) is 13.1. The molecule has 2 aromatic rings. The van der Waals surface area contributed by atoms with Crippen LogP contribution in [0.25, 0.3) is 0 Å². The largest absolute Gasteiger partial charge is 0.492 e. The van der Waals surface area contributed by atoms with Crippen LogP contribution in [0.4, 0.5) is 0 Å². The number of nitrogens with zero attached hydrogens (tertiary/aromatic N) is 2. The van der Waals surface area contributed by atoms with Crippen LogP contribution in [-0.4, -0.2) is 49.6 Å². The second kappa shape index (κ2) is 12.4. The van der Waals surface area contributed by atoms with Crippen molar-refractivity contribution in [2.45, 2.75) is 26.8 Å². The molecular formula is C23H31IN4O2. The predicted octanol–water partition coefficient (Wildman–Crippen LogP) is 3.13. The molecule has 0 unspecified atom stereocenters. The lowest BCUT2D eigenvalue weighted by atomic mass is 10.00. The van der Waals surface area contributed by atoms with E-state index in [9.17, 15) is 4.79 Å². The third-order valence-corrected chi connectivity index (χ3v) is 4.88. The SMILES string of the molecule is CCNC(=NCC(=O)N1CCc2ccccc2C1)NCCOc1ccc(C)cc1.I. The lowest BCUT2D eigenvalue weighted by molar-refractivity contribution is -0.130. The van der Waals surface area contributed by atoms with Crippen molar-refractivity contribution in [3.05, 3.63) is 65.2 Å². The molecule has 0 saturated heterocycles. The third-order valence-electron chi connectivity index (χ3n) is 4.88. The van der Waals surface area contributed by atoms with Crippen LogP contribution in [0.15, 0.2) is 53.5 Å². The van der Waals surface area contributed by atoms with Crippen LogP contribution in [0.2, 0.25) is 0 Å². The second-order valence-corrected chi connectivity index (χ2v) is 7.12. The van der Waals surface area contributed by atoms with Gasteiger partial charge in [-0.1, -0.05) is 42.0 Å². The van der Waals surface area contributed by atoms with Crippen LogP contribution in [0.3, 0.4) is 0 Å². The maximum absolute atomic E-state index is 12.6. The van der Waals surface area contributed by atoms with E-state index < -0.39 is 0 Å². The van der Waals surface area contributed by atoms with E-state index in [2.05, 4.69) is 40.7 Å². The van der Waals surface area contributed by atoms with Gasteiger partial charge in [-0.15, -0.1) is 24.0 Å². The van der Waals surface area contributed by atoms with Gasteiger partial charge in [-0.25, -0.2) is 4.99 Å². The number of guanidine groups is 1. The highest BCUT2D eigenvalue weighted by molar-refractivity contribution is 14.0. The van der Waals surface area contributed by atoms with Gasteiger partial charge in [-0.3, -0.25) is 4.79 Å². The maximum atomic E-state index is 12.6. The Bertz CT molecular complexity index is 839. The summed E-state index contributed by atoms with van der Waals surface area (Å²) in [4.78, 5) is 18.9. The molecule has 0 bridgehead atoms. The molecule has 0 fully saturated rings. The smallest absolute Gasteiger partial charge is 0.244 e. The van der Waals surface area contributed by atoms with Crippen LogP contribution in [0.5, 0.6) is 5.75 Å². The lowest BCUT2D eigenvalue weighted by Gasteiger charge is -2.28. The van der Waals surface area contributed by atoms with Crippen molar-refractivity contribution < 1.29 is 9.53 Å². The van der Waals surface area contributed by atoms with Crippen LogP contribution >= 0.6 is 24.0 Å². The van der Waals surface area contributed by atoms with E-state index in [4.69, 9.17) is 4.74 Å². The first-order valence-corrected chi connectivity index (χ1v) is 10.2. The second-order valence-electron chi connectivity index (χ2n) is 7.12. The topological polar surface area (TPSA) is 66.0 Å². The molecule has 7 heteroatoms. The molecule has 0 radical (unpaired) electrons. The molecule has 2 aromatic carbocycles. The van der Waals surface area contributed by atoms with Crippen LogP contribution < -0.4 is 15.4 Å². The van der Waals surface area contributed by atoms with Crippen molar-refractivity contribution in [3.8, 4) is 5.75 Å². The average molecular weight is 522 g/mol.